The van der Waals surface area contributed by atoms with Crippen molar-refractivity contribution >= 4 is 8.07 Å². The molecule has 2 heterocycles. The molecule has 1 aromatic rings. The average molecular weight is 387 g/mol. The fraction of sp³-hybridized carbons (Fsp3) is 0.773. The van der Waals surface area contributed by atoms with E-state index in [1.165, 1.54) is 11.3 Å². The summed E-state index contributed by atoms with van der Waals surface area (Å²) < 4.78 is 14.5. The van der Waals surface area contributed by atoms with Crippen LogP contribution in [0.3, 0.4) is 0 Å². The molecule has 0 radical (unpaired) electrons. The van der Waals surface area contributed by atoms with Gasteiger partial charge in [0.15, 0.2) is 5.79 Å². The zero-order chi connectivity index (χ0) is 19.7. The van der Waals surface area contributed by atoms with Crippen molar-refractivity contribution in [1.29, 1.82) is 0 Å². The lowest BCUT2D eigenvalue weighted by molar-refractivity contribution is -0.276. The summed E-state index contributed by atoms with van der Waals surface area (Å²) in [5.41, 5.74) is 7.38. The van der Waals surface area contributed by atoms with Crippen LogP contribution in [0.15, 0.2) is 0 Å². The Morgan fingerprint density at radius 3 is 2.41 bits per heavy atom. The maximum absolute atomic E-state index is 6.22. The summed E-state index contributed by atoms with van der Waals surface area (Å²) in [6.45, 7) is 15.4. The molecule has 1 aliphatic heterocycles. The lowest BCUT2D eigenvalue weighted by Gasteiger charge is -2.59. The Morgan fingerprint density at radius 2 is 1.78 bits per heavy atom. The van der Waals surface area contributed by atoms with Crippen molar-refractivity contribution < 1.29 is 9.47 Å². The van der Waals surface area contributed by atoms with Crippen LogP contribution < -0.4 is 0 Å². The van der Waals surface area contributed by atoms with Crippen molar-refractivity contribution in [2.24, 2.45) is 18.4 Å². The van der Waals surface area contributed by atoms with E-state index >= 15 is 0 Å². The summed E-state index contributed by atoms with van der Waals surface area (Å²) >= 11 is 0. The largest absolute Gasteiger partial charge is 0.347 e. The molecule has 0 aromatic carbocycles. The van der Waals surface area contributed by atoms with Crippen molar-refractivity contribution in [2.45, 2.75) is 77.3 Å². The highest BCUT2D eigenvalue weighted by Gasteiger charge is 2.64. The maximum atomic E-state index is 6.22. The second-order valence-corrected chi connectivity index (χ2v) is 15.2. The molecule has 4 nitrogen and oxygen atoms in total. The van der Waals surface area contributed by atoms with Crippen LogP contribution in [0.2, 0.25) is 19.6 Å². The second-order valence-electron chi connectivity index (χ2n) is 10.5. The van der Waals surface area contributed by atoms with Gasteiger partial charge in [0.2, 0.25) is 0 Å². The van der Waals surface area contributed by atoms with Gasteiger partial charge in [-0.2, -0.15) is 5.10 Å². The molecule has 27 heavy (non-hydrogen) atoms. The summed E-state index contributed by atoms with van der Waals surface area (Å²) in [6, 6.07) is 0. The van der Waals surface area contributed by atoms with Crippen molar-refractivity contribution in [2.75, 3.05) is 13.2 Å². The number of ether oxygens (including phenoxy) is 2. The van der Waals surface area contributed by atoms with Crippen molar-refractivity contribution in [3.63, 3.8) is 0 Å². The summed E-state index contributed by atoms with van der Waals surface area (Å²) in [7, 11) is 0.644. The Labute approximate surface area is 165 Å². The molecule has 0 N–H and O–H groups in total. The van der Waals surface area contributed by atoms with Gasteiger partial charge >= 0.3 is 0 Å². The van der Waals surface area contributed by atoms with E-state index in [1.54, 1.807) is 0 Å². The fourth-order valence-corrected chi connectivity index (χ4v) is 6.37. The molecule has 148 valence electrons. The first kappa shape index (κ1) is 19.2. The van der Waals surface area contributed by atoms with Gasteiger partial charge in [-0.1, -0.05) is 46.3 Å². The van der Waals surface area contributed by atoms with Gasteiger partial charge < -0.3 is 9.47 Å². The van der Waals surface area contributed by atoms with Crippen LogP contribution in [0.5, 0.6) is 0 Å². The highest BCUT2D eigenvalue weighted by molar-refractivity contribution is 6.83. The van der Waals surface area contributed by atoms with E-state index in [0.29, 0.717) is 5.92 Å². The molecule has 3 aliphatic rings. The Morgan fingerprint density at radius 1 is 1.11 bits per heavy atom. The normalized spacial score (nSPS) is 31.1. The van der Waals surface area contributed by atoms with Crippen molar-refractivity contribution in [1.82, 2.24) is 9.78 Å². The quantitative estimate of drug-likeness (QED) is 0.499. The molecule has 1 spiro atoms. The number of aromatic nitrogens is 2. The number of aryl methyl sites for hydroxylation is 1. The first-order valence-electron chi connectivity index (χ1n) is 10.4. The van der Waals surface area contributed by atoms with E-state index < -0.39 is 13.9 Å². The third-order valence-electron chi connectivity index (χ3n) is 7.27. The minimum atomic E-state index is -1.42. The van der Waals surface area contributed by atoms with E-state index in [0.717, 1.165) is 44.6 Å². The van der Waals surface area contributed by atoms with Gasteiger partial charge in [0.05, 0.1) is 18.9 Å². The lowest BCUT2D eigenvalue weighted by Crippen LogP contribution is -2.61. The minimum absolute atomic E-state index is 0.0319. The Balaban J connectivity index is 1.77. The van der Waals surface area contributed by atoms with Crippen LogP contribution in [0, 0.1) is 22.8 Å². The van der Waals surface area contributed by atoms with Crippen LogP contribution >= 0.6 is 0 Å². The van der Waals surface area contributed by atoms with E-state index in [-0.39, 0.29) is 10.8 Å². The van der Waals surface area contributed by atoms with E-state index in [1.807, 2.05) is 4.68 Å². The monoisotopic (exact) mass is 386 g/mol. The summed E-state index contributed by atoms with van der Waals surface area (Å²) in [4.78, 5) is 0. The smallest absolute Gasteiger partial charge is 0.173 e. The molecular weight excluding hydrogens is 352 g/mol. The molecule has 0 bridgehead atoms. The molecule has 2 atom stereocenters. The first-order valence-corrected chi connectivity index (χ1v) is 13.9. The molecule has 2 fully saturated rings. The van der Waals surface area contributed by atoms with E-state index in [9.17, 15) is 0 Å². The van der Waals surface area contributed by atoms with Crippen molar-refractivity contribution in [3.8, 4) is 11.5 Å². The zero-order valence-corrected chi connectivity index (χ0v) is 19.0. The molecule has 1 aromatic heterocycles. The van der Waals surface area contributed by atoms with Gasteiger partial charge in [-0.05, 0) is 25.2 Å². The predicted molar refractivity (Wildman–Crippen MR) is 110 cm³/mol. The van der Waals surface area contributed by atoms with Crippen LogP contribution in [0.25, 0.3) is 0 Å². The number of fused-ring (bicyclic) bond motifs is 3. The Bertz CT molecular complexity index is 818. The summed E-state index contributed by atoms with van der Waals surface area (Å²) in [5.74, 6) is 3.59. The van der Waals surface area contributed by atoms with E-state index in [2.05, 4.69) is 58.9 Å². The Hall–Kier alpha value is -1.09. The standard InChI is InChI=1S/C22H34N2O2Si/c1-20(2)18-9-8-16-17(10-15-27(5,6)7)24(4)23-19(16)21(18,3)11-12-22(20)25-13-14-26-22/h18H,8-9,11-14H2,1-7H3/t18-,21?/m0/s1. The molecule has 4 rings (SSSR count). The second kappa shape index (κ2) is 5.95. The van der Waals surface area contributed by atoms with E-state index in [4.69, 9.17) is 14.6 Å². The molecule has 0 amide bonds. The molecular formula is C22H34N2O2Si. The predicted octanol–water partition coefficient (Wildman–Crippen LogP) is 4.03. The van der Waals surface area contributed by atoms with Gasteiger partial charge in [-0.25, -0.2) is 0 Å². The number of nitrogens with zero attached hydrogens (tertiary/aromatic N) is 2. The first-order chi connectivity index (χ1) is 12.5. The molecule has 2 aliphatic carbocycles. The van der Waals surface area contributed by atoms with Gasteiger partial charge in [-0.3, -0.25) is 4.68 Å². The minimum Gasteiger partial charge on any atom is -0.347 e. The molecule has 1 saturated carbocycles. The van der Waals surface area contributed by atoms with Crippen LogP contribution in [0.4, 0.5) is 0 Å². The van der Waals surface area contributed by atoms with Crippen LogP contribution in [0.1, 0.15) is 57.0 Å². The number of hydrogen-bond donors (Lipinski definition) is 0. The van der Waals surface area contributed by atoms with Gasteiger partial charge in [0.25, 0.3) is 0 Å². The zero-order valence-electron chi connectivity index (χ0n) is 18.0. The Kier molecular flexibility index (Phi) is 4.24. The lowest BCUT2D eigenvalue weighted by atomic mass is 9.49. The van der Waals surface area contributed by atoms with Crippen LogP contribution in [-0.4, -0.2) is 36.9 Å². The highest BCUT2D eigenvalue weighted by atomic mass is 28.3. The number of hydrogen-bond acceptors (Lipinski definition) is 3. The summed E-state index contributed by atoms with van der Waals surface area (Å²) in [6.07, 6.45) is 4.21. The van der Waals surface area contributed by atoms with Crippen molar-refractivity contribution in [3.05, 3.63) is 17.0 Å². The number of rotatable bonds is 0. The SMILES string of the molecule is Cn1nc2c(c1C#C[Si](C)(C)C)CC[C@@H]1C2(C)CCC2(OCCO2)C1(C)C. The van der Waals surface area contributed by atoms with Gasteiger partial charge in [-0.15, -0.1) is 5.54 Å². The molecule has 1 saturated heterocycles. The summed E-state index contributed by atoms with van der Waals surface area (Å²) in [5, 5.41) is 5.04. The average Bonchev–Trinajstić information content (AvgIpc) is 3.16. The highest BCUT2D eigenvalue weighted by Crippen LogP contribution is 2.62. The topological polar surface area (TPSA) is 36.3 Å². The van der Waals surface area contributed by atoms with Crippen LogP contribution in [-0.2, 0) is 28.4 Å². The molecule has 5 heteroatoms. The third-order valence-corrected chi connectivity index (χ3v) is 8.15. The van der Waals surface area contributed by atoms with Gasteiger partial charge in [0.1, 0.15) is 13.8 Å². The fourth-order valence-electron chi connectivity index (χ4n) is 5.87. The van der Waals surface area contributed by atoms with Gasteiger partial charge in [0, 0.05) is 29.9 Å². The maximum Gasteiger partial charge on any atom is 0.173 e. The third kappa shape index (κ3) is 2.75. The molecule has 1 unspecified atom stereocenters.